The van der Waals surface area contributed by atoms with Crippen molar-refractivity contribution in [2.24, 2.45) is 0 Å². The average molecular weight is 593 g/mol. The topological polar surface area (TPSA) is 86.8 Å². The number of nitrogens with zero attached hydrogens (tertiary/aromatic N) is 2. The molecule has 0 aliphatic carbocycles. The summed E-state index contributed by atoms with van der Waals surface area (Å²) in [6.45, 7) is 3.69. The lowest BCUT2D eigenvalue weighted by molar-refractivity contribution is -0.139. The van der Waals surface area contributed by atoms with Gasteiger partial charge in [-0.2, -0.15) is 0 Å². The Balaban J connectivity index is 2.37. The Morgan fingerprint density at radius 2 is 1.82 bits per heavy atom. The minimum Gasteiger partial charge on any atom is -0.354 e. The SMILES string of the molecule is CCCCNC(=O)C(C)N(Cc1ccc(Cl)c(Cl)c1)C(=O)CN(c1cccc(Br)c1)S(C)(=O)=O. The zero-order chi connectivity index (χ0) is 25.5. The number of hydrogen-bond acceptors (Lipinski definition) is 4. The predicted octanol–water partition coefficient (Wildman–Crippen LogP) is 4.86. The van der Waals surface area contributed by atoms with Crippen LogP contribution in [0.1, 0.15) is 32.3 Å². The first-order valence-electron chi connectivity index (χ1n) is 10.7. The molecule has 11 heteroatoms. The highest BCUT2D eigenvalue weighted by Gasteiger charge is 2.30. The molecule has 0 aliphatic heterocycles. The first-order chi connectivity index (χ1) is 15.9. The normalized spacial score (nSPS) is 12.2. The van der Waals surface area contributed by atoms with Crippen molar-refractivity contribution in [3.8, 4) is 0 Å². The van der Waals surface area contributed by atoms with Crippen LogP contribution in [0.25, 0.3) is 0 Å². The molecule has 1 N–H and O–H groups in total. The van der Waals surface area contributed by atoms with Gasteiger partial charge in [-0.25, -0.2) is 8.42 Å². The Hall–Kier alpha value is -1.81. The van der Waals surface area contributed by atoms with Gasteiger partial charge in [-0.3, -0.25) is 13.9 Å². The molecule has 0 aromatic heterocycles. The van der Waals surface area contributed by atoms with Crippen LogP contribution in [-0.4, -0.2) is 50.5 Å². The Morgan fingerprint density at radius 1 is 1.12 bits per heavy atom. The maximum atomic E-state index is 13.5. The molecular formula is C23H28BrCl2N3O4S. The molecule has 2 rings (SSSR count). The fourth-order valence-electron chi connectivity index (χ4n) is 3.20. The molecule has 0 bridgehead atoms. The van der Waals surface area contributed by atoms with Crippen molar-refractivity contribution in [1.82, 2.24) is 10.2 Å². The van der Waals surface area contributed by atoms with Gasteiger partial charge in [0.15, 0.2) is 0 Å². The Kier molecular flexibility index (Phi) is 10.7. The summed E-state index contributed by atoms with van der Waals surface area (Å²) in [7, 11) is -3.79. The van der Waals surface area contributed by atoms with Crippen molar-refractivity contribution in [2.45, 2.75) is 39.3 Å². The molecule has 1 atom stereocenters. The van der Waals surface area contributed by atoms with E-state index >= 15 is 0 Å². The summed E-state index contributed by atoms with van der Waals surface area (Å²) >= 11 is 15.5. The molecule has 2 aromatic rings. The van der Waals surface area contributed by atoms with E-state index in [0.29, 0.717) is 32.3 Å². The maximum absolute atomic E-state index is 13.5. The summed E-state index contributed by atoms with van der Waals surface area (Å²) in [6, 6.07) is 10.7. The highest BCUT2D eigenvalue weighted by molar-refractivity contribution is 9.10. The molecule has 7 nitrogen and oxygen atoms in total. The van der Waals surface area contributed by atoms with Gasteiger partial charge >= 0.3 is 0 Å². The van der Waals surface area contributed by atoms with Gasteiger partial charge in [0.05, 0.1) is 22.0 Å². The van der Waals surface area contributed by atoms with Crippen LogP contribution in [0.15, 0.2) is 46.9 Å². The van der Waals surface area contributed by atoms with Gasteiger partial charge in [0, 0.05) is 17.6 Å². The highest BCUT2D eigenvalue weighted by atomic mass is 79.9. The number of anilines is 1. The van der Waals surface area contributed by atoms with Crippen LogP contribution in [0.5, 0.6) is 0 Å². The van der Waals surface area contributed by atoms with Gasteiger partial charge in [-0.05, 0) is 49.2 Å². The number of unbranched alkanes of at least 4 members (excludes halogenated alkanes) is 1. The summed E-state index contributed by atoms with van der Waals surface area (Å²) in [5.41, 5.74) is 0.990. The third-order valence-corrected chi connectivity index (χ3v) is 7.48. The zero-order valence-corrected chi connectivity index (χ0v) is 23.1. The second-order valence-corrected chi connectivity index (χ2v) is 11.5. The van der Waals surface area contributed by atoms with Crippen molar-refractivity contribution in [1.29, 1.82) is 0 Å². The van der Waals surface area contributed by atoms with Gasteiger partial charge in [0.1, 0.15) is 12.6 Å². The van der Waals surface area contributed by atoms with Crippen molar-refractivity contribution in [2.75, 3.05) is 23.7 Å². The molecule has 0 spiro atoms. The quantitative estimate of drug-likeness (QED) is 0.378. The number of sulfonamides is 1. The molecule has 2 amide bonds. The summed E-state index contributed by atoms with van der Waals surface area (Å²) in [6.07, 6.45) is 2.76. The molecule has 0 heterocycles. The highest BCUT2D eigenvalue weighted by Crippen LogP contribution is 2.25. The molecular weight excluding hydrogens is 565 g/mol. The third kappa shape index (κ3) is 8.15. The Morgan fingerprint density at radius 3 is 2.41 bits per heavy atom. The molecule has 0 saturated heterocycles. The molecule has 0 radical (unpaired) electrons. The third-order valence-electron chi connectivity index (χ3n) is 5.11. The van der Waals surface area contributed by atoms with E-state index in [1.54, 1.807) is 49.4 Å². The lowest BCUT2D eigenvalue weighted by Crippen LogP contribution is -2.51. The number of halogens is 3. The van der Waals surface area contributed by atoms with Gasteiger partial charge < -0.3 is 10.2 Å². The van der Waals surface area contributed by atoms with Crippen LogP contribution in [0, 0.1) is 0 Å². The second-order valence-electron chi connectivity index (χ2n) is 7.84. The van der Waals surface area contributed by atoms with Gasteiger partial charge in [0.25, 0.3) is 0 Å². The second kappa shape index (κ2) is 12.8. The first-order valence-corrected chi connectivity index (χ1v) is 14.1. The number of carbonyl (C=O) groups is 2. The first kappa shape index (κ1) is 28.4. The number of hydrogen-bond donors (Lipinski definition) is 1. The lowest BCUT2D eigenvalue weighted by Gasteiger charge is -2.31. The fourth-order valence-corrected chi connectivity index (χ4v) is 4.75. The summed E-state index contributed by atoms with van der Waals surface area (Å²) < 4.78 is 26.8. The smallest absolute Gasteiger partial charge is 0.244 e. The molecule has 0 saturated carbocycles. The number of amides is 2. The van der Waals surface area contributed by atoms with Gasteiger partial charge in [-0.15, -0.1) is 0 Å². The average Bonchev–Trinajstić information content (AvgIpc) is 2.76. The van der Waals surface area contributed by atoms with E-state index in [2.05, 4.69) is 21.2 Å². The fraction of sp³-hybridized carbons (Fsp3) is 0.391. The minimum absolute atomic E-state index is 0.0498. The van der Waals surface area contributed by atoms with Crippen LogP contribution < -0.4 is 9.62 Å². The monoisotopic (exact) mass is 591 g/mol. The molecule has 0 aliphatic rings. The van der Waals surface area contributed by atoms with Crippen LogP contribution in [-0.2, 0) is 26.2 Å². The largest absolute Gasteiger partial charge is 0.354 e. The van der Waals surface area contributed by atoms with E-state index in [1.165, 1.54) is 4.90 Å². The van der Waals surface area contributed by atoms with Crippen molar-refractivity contribution in [3.63, 3.8) is 0 Å². The van der Waals surface area contributed by atoms with E-state index in [1.807, 2.05) is 6.92 Å². The van der Waals surface area contributed by atoms with Gasteiger partial charge in [-0.1, -0.05) is 64.6 Å². The summed E-state index contributed by atoms with van der Waals surface area (Å²) in [5, 5.41) is 3.51. The van der Waals surface area contributed by atoms with Crippen LogP contribution in [0.3, 0.4) is 0 Å². The van der Waals surface area contributed by atoms with E-state index in [4.69, 9.17) is 23.2 Å². The molecule has 34 heavy (non-hydrogen) atoms. The van der Waals surface area contributed by atoms with E-state index in [9.17, 15) is 18.0 Å². The molecule has 2 aromatic carbocycles. The van der Waals surface area contributed by atoms with Crippen molar-refractivity contribution < 1.29 is 18.0 Å². The predicted molar refractivity (Wildman–Crippen MR) is 141 cm³/mol. The number of carbonyl (C=O) groups excluding carboxylic acids is 2. The number of rotatable bonds is 11. The van der Waals surface area contributed by atoms with E-state index < -0.39 is 28.5 Å². The molecule has 0 fully saturated rings. The van der Waals surface area contributed by atoms with Crippen molar-refractivity contribution >= 4 is 66.7 Å². The van der Waals surface area contributed by atoms with Crippen molar-refractivity contribution in [3.05, 3.63) is 62.5 Å². The number of benzene rings is 2. The van der Waals surface area contributed by atoms with Crippen LogP contribution in [0.2, 0.25) is 10.0 Å². The van der Waals surface area contributed by atoms with E-state index in [-0.39, 0.29) is 12.5 Å². The minimum atomic E-state index is -3.79. The van der Waals surface area contributed by atoms with Gasteiger partial charge in [0.2, 0.25) is 21.8 Å². The summed E-state index contributed by atoms with van der Waals surface area (Å²) in [4.78, 5) is 27.6. The van der Waals surface area contributed by atoms with Crippen LogP contribution in [0.4, 0.5) is 5.69 Å². The lowest BCUT2D eigenvalue weighted by atomic mass is 10.1. The zero-order valence-electron chi connectivity index (χ0n) is 19.2. The number of nitrogens with one attached hydrogen (secondary N) is 1. The van der Waals surface area contributed by atoms with Crippen LogP contribution >= 0.6 is 39.1 Å². The maximum Gasteiger partial charge on any atom is 0.244 e. The standard InChI is InChI=1S/C23H28BrCl2N3O4S/c1-4-5-11-27-23(31)16(2)28(14-17-9-10-20(25)21(26)12-17)22(30)15-29(34(3,32)33)19-8-6-7-18(24)13-19/h6-10,12-13,16H,4-5,11,14-15H2,1-3H3,(H,27,31). The summed E-state index contributed by atoms with van der Waals surface area (Å²) in [5.74, 6) is -0.857. The molecule has 1 unspecified atom stereocenters. The molecule has 186 valence electrons. The van der Waals surface area contributed by atoms with E-state index in [0.717, 1.165) is 23.4 Å². The Bertz CT molecular complexity index is 1130. The Labute approximate surface area is 219 Å².